The molecule has 0 aliphatic heterocycles. The minimum absolute atomic E-state index is 0.0507. The summed E-state index contributed by atoms with van der Waals surface area (Å²) in [5.41, 5.74) is 4.05. The molecule has 1 aromatic heterocycles. The third-order valence-corrected chi connectivity index (χ3v) is 4.00. The highest BCUT2D eigenvalue weighted by atomic mass is 35.5. The van der Waals surface area contributed by atoms with Crippen molar-refractivity contribution in [1.29, 1.82) is 0 Å². The Morgan fingerprint density at radius 3 is 2.81 bits per heavy atom. The lowest BCUT2D eigenvalue weighted by Gasteiger charge is -2.04. The van der Waals surface area contributed by atoms with Crippen LogP contribution >= 0.6 is 11.6 Å². The number of benzene rings is 2. The second-order valence-electron chi connectivity index (χ2n) is 5.62. The van der Waals surface area contributed by atoms with Gasteiger partial charge in [0.25, 0.3) is 5.91 Å². The number of amides is 1. The van der Waals surface area contributed by atoms with E-state index in [1.165, 1.54) is 13.3 Å². The van der Waals surface area contributed by atoms with Gasteiger partial charge in [0.15, 0.2) is 17.2 Å². The van der Waals surface area contributed by atoms with Gasteiger partial charge < -0.3 is 9.84 Å². The molecule has 1 heterocycles. The Bertz CT molecular complexity index is 967. The quantitative estimate of drug-likeness (QED) is 0.505. The summed E-state index contributed by atoms with van der Waals surface area (Å²) in [5.74, 6) is -0.181. The Morgan fingerprint density at radius 1 is 1.30 bits per heavy atom. The van der Waals surface area contributed by atoms with Gasteiger partial charge in [-0.3, -0.25) is 9.48 Å². The Labute approximate surface area is 160 Å². The maximum atomic E-state index is 12.1. The Morgan fingerprint density at radius 2 is 2.07 bits per heavy atom. The maximum absolute atomic E-state index is 12.1. The van der Waals surface area contributed by atoms with Crippen molar-refractivity contribution in [2.75, 3.05) is 7.11 Å². The SMILES string of the molecule is COc1cccc(/C=N/NC(=O)c2ccn(Cc3ccc(Cl)cc3)n2)c1O. The number of phenols is 1. The van der Waals surface area contributed by atoms with Gasteiger partial charge in [0.05, 0.1) is 19.9 Å². The molecular formula is C19H17ClN4O3. The summed E-state index contributed by atoms with van der Waals surface area (Å²) in [6.07, 6.45) is 3.04. The van der Waals surface area contributed by atoms with Crippen molar-refractivity contribution >= 4 is 23.7 Å². The molecule has 0 spiro atoms. The van der Waals surface area contributed by atoms with Crippen molar-refractivity contribution in [2.24, 2.45) is 5.10 Å². The molecule has 138 valence electrons. The summed E-state index contributed by atoms with van der Waals surface area (Å²) in [5, 5.41) is 18.7. The number of nitrogens with one attached hydrogen (secondary N) is 1. The molecular weight excluding hydrogens is 368 g/mol. The van der Waals surface area contributed by atoms with Crippen molar-refractivity contribution in [1.82, 2.24) is 15.2 Å². The molecule has 0 aliphatic carbocycles. The molecule has 0 bridgehead atoms. The van der Waals surface area contributed by atoms with Gasteiger partial charge in [0, 0.05) is 16.8 Å². The van der Waals surface area contributed by atoms with Gasteiger partial charge in [0.1, 0.15) is 0 Å². The molecule has 0 aliphatic rings. The molecule has 2 aromatic carbocycles. The van der Waals surface area contributed by atoms with Gasteiger partial charge in [-0.25, -0.2) is 5.43 Å². The van der Waals surface area contributed by atoms with Crippen LogP contribution in [0.15, 0.2) is 59.8 Å². The fourth-order valence-electron chi connectivity index (χ4n) is 2.37. The van der Waals surface area contributed by atoms with Crippen LogP contribution in [0, 0.1) is 0 Å². The number of hydrogen-bond donors (Lipinski definition) is 2. The van der Waals surface area contributed by atoms with E-state index in [1.54, 1.807) is 47.3 Å². The number of aromatic nitrogens is 2. The number of hydrazone groups is 1. The predicted molar refractivity (Wildman–Crippen MR) is 103 cm³/mol. The first-order valence-electron chi connectivity index (χ1n) is 8.04. The highest BCUT2D eigenvalue weighted by molar-refractivity contribution is 6.30. The van der Waals surface area contributed by atoms with E-state index in [4.69, 9.17) is 16.3 Å². The van der Waals surface area contributed by atoms with E-state index in [-0.39, 0.29) is 11.4 Å². The number of carbonyl (C=O) groups excluding carboxylic acids is 1. The lowest BCUT2D eigenvalue weighted by atomic mass is 10.2. The van der Waals surface area contributed by atoms with Crippen molar-refractivity contribution in [3.8, 4) is 11.5 Å². The van der Waals surface area contributed by atoms with E-state index in [9.17, 15) is 9.90 Å². The average Bonchev–Trinajstić information content (AvgIpc) is 3.13. The Balaban J connectivity index is 1.62. The van der Waals surface area contributed by atoms with Crippen LogP contribution in [0.4, 0.5) is 0 Å². The summed E-state index contributed by atoms with van der Waals surface area (Å²) in [4.78, 5) is 12.1. The minimum atomic E-state index is -0.455. The number of methoxy groups -OCH3 is 1. The molecule has 0 fully saturated rings. The number of phenolic OH excluding ortho intramolecular Hbond substituents is 1. The van der Waals surface area contributed by atoms with Gasteiger partial charge in [-0.15, -0.1) is 0 Å². The second-order valence-corrected chi connectivity index (χ2v) is 6.06. The molecule has 0 atom stereocenters. The monoisotopic (exact) mass is 384 g/mol. The van der Waals surface area contributed by atoms with Crippen LogP contribution in [-0.2, 0) is 6.54 Å². The molecule has 8 heteroatoms. The number of rotatable bonds is 6. The zero-order valence-electron chi connectivity index (χ0n) is 14.5. The lowest BCUT2D eigenvalue weighted by molar-refractivity contribution is 0.0949. The van der Waals surface area contributed by atoms with Crippen LogP contribution < -0.4 is 10.2 Å². The highest BCUT2D eigenvalue weighted by Gasteiger charge is 2.09. The van der Waals surface area contributed by atoms with Gasteiger partial charge in [-0.05, 0) is 35.9 Å². The van der Waals surface area contributed by atoms with Crippen molar-refractivity contribution in [3.63, 3.8) is 0 Å². The van der Waals surface area contributed by atoms with Crippen LogP contribution in [0.3, 0.4) is 0 Å². The molecule has 7 nitrogen and oxygen atoms in total. The number of hydrogen-bond acceptors (Lipinski definition) is 5. The summed E-state index contributed by atoms with van der Waals surface area (Å²) >= 11 is 5.87. The summed E-state index contributed by atoms with van der Waals surface area (Å²) in [6.45, 7) is 0.519. The molecule has 0 radical (unpaired) electrons. The Kier molecular flexibility index (Phi) is 5.73. The van der Waals surface area contributed by atoms with Crippen LogP contribution in [0.2, 0.25) is 5.02 Å². The molecule has 1 amide bonds. The zero-order chi connectivity index (χ0) is 19.2. The standard InChI is InChI=1S/C19H17ClN4O3/c1-27-17-4-2-3-14(18(17)25)11-21-22-19(26)16-9-10-24(23-16)12-13-5-7-15(20)8-6-13/h2-11,25H,12H2,1H3,(H,22,26)/b21-11+. The topological polar surface area (TPSA) is 88.7 Å². The zero-order valence-corrected chi connectivity index (χ0v) is 15.2. The minimum Gasteiger partial charge on any atom is -0.504 e. The molecule has 0 saturated heterocycles. The van der Waals surface area contributed by atoms with E-state index in [0.29, 0.717) is 22.9 Å². The molecule has 3 aromatic rings. The van der Waals surface area contributed by atoms with Crippen molar-refractivity contribution in [2.45, 2.75) is 6.54 Å². The molecule has 27 heavy (non-hydrogen) atoms. The Hall–Kier alpha value is -3.32. The predicted octanol–water partition coefficient (Wildman–Crippen LogP) is 3.06. The summed E-state index contributed by atoms with van der Waals surface area (Å²) in [6, 6.07) is 14.0. The van der Waals surface area contributed by atoms with Gasteiger partial charge in [0.2, 0.25) is 0 Å². The summed E-state index contributed by atoms with van der Waals surface area (Å²) < 4.78 is 6.67. The van der Waals surface area contributed by atoms with Crippen LogP contribution in [0.1, 0.15) is 21.6 Å². The smallest absolute Gasteiger partial charge is 0.291 e. The molecule has 0 unspecified atom stereocenters. The van der Waals surface area contributed by atoms with Crippen LogP contribution in [0.25, 0.3) is 0 Å². The van der Waals surface area contributed by atoms with E-state index >= 15 is 0 Å². The van der Waals surface area contributed by atoms with E-state index in [1.807, 2.05) is 12.1 Å². The third kappa shape index (κ3) is 4.65. The number of aromatic hydroxyl groups is 1. The number of carbonyl (C=O) groups is 1. The van der Waals surface area contributed by atoms with E-state index in [2.05, 4.69) is 15.6 Å². The molecule has 3 rings (SSSR count). The van der Waals surface area contributed by atoms with Gasteiger partial charge >= 0.3 is 0 Å². The van der Waals surface area contributed by atoms with Gasteiger partial charge in [-0.1, -0.05) is 29.8 Å². The van der Waals surface area contributed by atoms with Crippen LogP contribution in [-0.4, -0.2) is 34.1 Å². The van der Waals surface area contributed by atoms with Crippen LogP contribution in [0.5, 0.6) is 11.5 Å². The fraction of sp³-hybridized carbons (Fsp3) is 0.105. The summed E-state index contributed by atoms with van der Waals surface area (Å²) in [7, 11) is 1.46. The van der Waals surface area contributed by atoms with Gasteiger partial charge in [-0.2, -0.15) is 10.2 Å². The third-order valence-electron chi connectivity index (χ3n) is 3.75. The fourth-order valence-corrected chi connectivity index (χ4v) is 2.50. The first-order chi connectivity index (χ1) is 13.1. The number of halogens is 1. The average molecular weight is 385 g/mol. The first-order valence-corrected chi connectivity index (χ1v) is 8.42. The number of nitrogens with zero attached hydrogens (tertiary/aromatic N) is 3. The molecule has 2 N–H and O–H groups in total. The van der Waals surface area contributed by atoms with Crippen molar-refractivity contribution < 1.29 is 14.6 Å². The molecule has 0 saturated carbocycles. The van der Waals surface area contributed by atoms with E-state index < -0.39 is 5.91 Å². The maximum Gasteiger partial charge on any atom is 0.291 e. The van der Waals surface area contributed by atoms with Crippen molar-refractivity contribution in [3.05, 3.63) is 76.6 Å². The largest absolute Gasteiger partial charge is 0.504 e. The lowest BCUT2D eigenvalue weighted by Crippen LogP contribution is -2.18. The van der Waals surface area contributed by atoms with E-state index in [0.717, 1.165) is 5.56 Å². The normalized spacial score (nSPS) is 10.9. The number of para-hydroxylation sites is 1. The second kappa shape index (κ2) is 8.37. The number of ether oxygens (including phenoxy) is 1. The highest BCUT2D eigenvalue weighted by Crippen LogP contribution is 2.27. The first kappa shape index (κ1) is 18.5.